The monoisotopic (exact) mass is 355 g/mol. The SMILES string of the molecule is COC(=O)CCN(Cc1ccccc1)C(=O)c1ccc(C(=O)OC)cc1. The molecular weight excluding hydrogens is 334 g/mol. The van der Waals surface area contributed by atoms with Gasteiger partial charge in [-0.25, -0.2) is 4.79 Å². The van der Waals surface area contributed by atoms with Gasteiger partial charge in [0.05, 0.1) is 26.2 Å². The average Bonchev–Trinajstić information content (AvgIpc) is 2.70. The van der Waals surface area contributed by atoms with Crippen molar-refractivity contribution < 1.29 is 23.9 Å². The van der Waals surface area contributed by atoms with Crippen molar-refractivity contribution >= 4 is 17.8 Å². The molecule has 6 nitrogen and oxygen atoms in total. The Hall–Kier alpha value is -3.15. The molecule has 0 aliphatic heterocycles. The third kappa shape index (κ3) is 5.17. The number of nitrogens with zero attached hydrogens (tertiary/aromatic N) is 1. The summed E-state index contributed by atoms with van der Waals surface area (Å²) in [5.74, 6) is -1.07. The predicted octanol–water partition coefficient (Wildman–Crippen LogP) is 2.68. The minimum Gasteiger partial charge on any atom is -0.469 e. The van der Waals surface area contributed by atoms with Gasteiger partial charge < -0.3 is 14.4 Å². The molecule has 0 saturated heterocycles. The van der Waals surface area contributed by atoms with Crippen LogP contribution in [0, 0.1) is 0 Å². The second kappa shape index (κ2) is 9.36. The zero-order chi connectivity index (χ0) is 18.9. The van der Waals surface area contributed by atoms with Gasteiger partial charge in [0.2, 0.25) is 0 Å². The summed E-state index contributed by atoms with van der Waals surface area (Å²) < 4.78 is 9.32. The second-order valence-electron chi connectivity index (χ2n) is 5.61. The molecule has 6 heteroatoms. The fourth-order valence-corrected chi connectivity index (χ4v) is 2.43. The maximum absolute atomic E-state index is 12.9. The summed E-state index contributed by atoms with van der Waals surface area (Å²) >= 11 is 0. The van der Waals surface area contributed by atoms with Gasteiger partial charge in [-0.2, -0.15) is 0 Å². The molecule has 0 bridgehead atoms. The molecule has 0 fully saturated rings. The highest BCUT2D eigenvalue weighted by Crippen LogP contribution is 2.13. The van der Waals surface area contributed by atoms with E-state index in [1.165, 1.54) is 14.2 Å². The number of carbonyl (C=O) groups is 3. The van der Waals surface area contributed by atoms with E-state index in [0.29, 0.717) is 17.7 Å². The van der Waals surface area contributed by atoms with Crippen LogP contribution in [0.2, 0.25) is 0 Å². The molecule has 0 spiro atoms. The minimum absolute atomic E-state index is 0.106. The Morgan fingerprint density at radius 3 is 2.04 bits per heavy atom. The highest BCUT2D eigenvalue weighted by Gasteiger charge is 2.18. The molecule has 0 unspecified atom stereocenters. The molecule has 2 aromatic carbocycles. The molecule has 0 aromatic heterocycles. The van der Waals surface area contributed by atoms with E-state index in [1.54, 1.807) is 29.2 Å². The van der Waals surface area contributed by atoms with E-state index in [9.17, 15) is 14.4 Å². The number of ether oxygens (including phenoxy) is 2. The van der Waals surface area contributed by atoms with Crippen LogP contribution in [-0.4, -0.2) is 43.5 Å². The van der Waals surface area contributed by atoms with Crippen LogP contribution in [0.15, 0.2) is 54.6 Å². The fraction of sp³-hybridized carbons (Fsp3) is 0.250. The van der Waals surface area contributed by atoms with Gasteiger partial charge in [-0.15, -0.1) is 0 Å². The third-order valence-corrected chi connectivity index (χ3v) is 3.87. The van der Waals surface area contributed by atoms with E-state index >= 15 is 0 Å². The van der Waals surface area contributed by atoms with Crippen molar-refractivity contribution in [3.63, 3.8) is 0 Å². The van der Waals surface area contributed by atoms with Gasteiger partial charge in [-0.1, -0.05) is 30.3 Å². The molecule has 0 radical (unpaired) electrons. The minimum atomic E-state index is -0.462. The summed E-state index contributed by atoms with van der Waals surface area (Å²) in [6.45, 7) is 0.606. The summed E-state index contributed by atoms with van der Waals surface area (Å²) in [5.41, 5.74) is 1.75. The number of amides is 1. The van der Waals surface area contributed by atoms with Gasteiger partial charge in [0.25, 0.3) is 5.91 Å². The van der Waals surface area contributed by atoms with Gasteiger partial charge >= 0.3 is 11.9 Å². The number of esters is 2. The zero-order valence-corrected chi connectivity index (χ0v) is 14.8. The lowest BCUT2D eigenvalue weighted by atomic mass is 10.1. The summed E-state index contributed by atoms with van der Waals surface area (Å²) in [6.07, 6.45) is 0.106. The molecule has 0 N–H and O–H groups in total. The molecular formula is C20H21NO5. The summed E-state index contributed by atoms with van der Waals surface area (Å²) in [6, 6.07) is 15.7. The Balaban J connectivity index is 2.18. The van der Waals surface area contributed by atoms with Gasteiger partial charge in [0.1, 0.15) is 0 Å². The number of benzene rings is 2. The first-order chi connectivity index (χ1) is 12.5. The molecule has 0 saturated carbocycles. The van der Waals surface area contributed by atoms with Crippen molar-refractivity contribution in [2.24, 2.45) is 0 Å². The van der Waals surface area contributed by atoms with Crippen LogP contribution in [0.4, 0.5) is 0 Å². The summed E-state index contributed by atoms with van der Waals surface area (Å²) in [7, 11) is 2.62. The van der Waals surface area contributed by atoms with E-state index < -0.39 is 5.97 Å². The Kier molecular flexibility index (Phi) is 6.91. The van der Waals surface area contributed by atoms with Crippen LogP contribution < -0.4 is 0 Å². The maximum atomic E-state index is 12.9. The largest absolute Gasteiger partial charge is 0.469 e. The van der Waals surface area contributed by atoms with Crippen LogP contribution in [0.25, 0.3) is 0 Å². The molecule has 0 atom stereocenters. The van der Waals surface area contributed by atoms with Gasteiger partial charge in [-0.3, -0.25) is 9.59 Å². The van der Waals surface area contributed by atoms with Crippen molar-refractivity contribution in [2.75, 3.05) is 20.8 Å². The Morgan fingerprint density at radius 1 is 0.846 bits per heavy atom. The van der Waals surface area contributed by atoms with Gasteiger partial charge in [0, 0.05) is 18.7 Å². The molecule has 2 rings (SSSR count). The number of rotatable bonds is 7. The van der Waals surface area contributed by atoms with Crippen LogP contribution in [0.1, 0.15) is 32.7 Å². The van der Waals surface area contributed by atoms with E-state index in [1.807, 2.05) is 30.3 Å². The van der Waals surface area contributed by atoms with E-state index in [4.69, 9.17) is 0 Å². The molecule has 0 aliphatic rings. The van der Waals surface area contributed by atoms with Crippen LogP contribution >= 0.6 is 0 Å². The molecule has 136 valence electrons. The van der Waals surface area contributed by atoms with Crippen LogP contribution in [0.5, 0.6) is 0 Å². The smallest absolute Gasteiger partial charge is 0.337 e. The number of hydrogen-bond donors (Lipinski definition) is 0. The van der Waals surface area contributed by atoms with Crippen molar-refractivity contribution in [1.29, 1.82) is 0 Å². The molecule has 0 aliphatic carbocycles. The van der Waals surface area contributed by atoms with E-state index in [0.717, 1.165) is 5.56 Å². The van der Waals surface area contributed by atoms with Crippen LogP contribution in [-0.2, 0) is 20.8 Å². The van der Waals surface area contributed by atoms with Gasteiger partial charge in [-0.05, 0) is 29.8 Å². The number of hydrogen-bond acceptors (Lipinski definition) is 5. The third-order valence-electron chi connectivity index (χ3n) is 3.87. The Labute approximate surface area is 152 Å². The lowest BCUT2D eigenvalue weighted by Gasteiger charge is -2.22. The predicted molar refractivity (Wildman–Crippen MR) is 95.6 cm³/mol. The van der Waals surface area contributed by atoms with Crippen LogP contribution in [0.3, 0.4) is 0 Å². The van der Waals surface area contributed by atoms with Crippen molar-refractivity contribution in [3.8, 4) is 0 Å². The molecule has 0 heterocycles. The zero-order valence-electron chi connectivity index (χ0n) is 14.8. The average molecular weight is 355 g/mol. The highest BCUT2D eigenvalue weighted by molar-refractivity contribution is 5.96. The quantitative estimate of drug-likeness (QED) is 0.714. The first-order valence-electron chi connectivity index (χ1n) is 8.13. The van der Waals surface area contributed by atoms with Gasteiger partial charge in [0.15, 0.2) is 0 Å². The lowest BCUT2D eigenvalue weighted by molar-refractivity contribution is -0.140. The van der Waals surface area contributed by atoms with Crippen molar-refractivity contribution in [1.82, 2.24) is 4.90 Å². The highest BCUT2D eigenvalue weighted by atomic mass is 16.5. The summed E-state index contributed by atoms with van der Waals surface area (Å²) in [5, 5.41) is 0. The lowest BCUT2D eigenvalue weighted by Crippen LogP contribution is -2.32. The molecule has 26 heavy (non-hydrogen) atoms. The second-order valence-corrected chi connectivity index (χ2v) is 5.61. The summed E-state index contributed by atoms with van der Waals surface area (Å²) in [4.78, 5) is 37.4. The first-order valence-corrected chi connectivity index (χ1v) is 8.13. The van der Waals surface area contributed by atoms with Crippen molar-refractivity contribution in [3.05, 3.63) is 71.3 Å². The molecule has 1 amide bonds. The van der Waals surface area contributed by atoms with Crippen molar-refractivity contribution in [2.45, 2.75) is 13.0 Å². The fourth-order valence-electron chi connectivity index (χ4n) is 2.43. The Bertz CT molecular complexity index is 756. The van der Waals surface area contributed by atoms with E-state index in [2.05, 4.69) is 9.47 Å². The standard InChI is InChI=1S/C20H21NO5/c1-25-18(22)12-13-21(14-15-6-4-3-5-7-15)19(23)16-8-10-17(11-9-16)20(24)26-2/h3-11H,12-14H2,1-2H3. The number of methoxy groups -OCH3 is 2. The maximum Gasteiger partial charge on any atom is 0.337 e. The normalized spacial score (nSPS) is 10.1. The topological polar surface area (TPSA) is 72.9 Å². The number of carbonyl (C=O) groups excluding carboxylic acids is 3. The molecule has 2 aromatic rings. The first kappa shape index (κ1) is 19.2. The Morgan fingerprint density at radius 2 is 1.46 bits per heavy atom. The van der Waals surface area contributed by atoms with E-state index in [-0.39, 0.29) is 24.8 Å².